The number of benzene rings is 1. The molecule has 2 rings (SSSR count). The molecule has 96 valence electrons. The van der Waals surface area contributed by atoms with Crippen molar-refractivity contribution in [2.75, 3.05) is 6.61 Å². The van der Waals surface area contributed by atoms with E-state index < -0.39 is 0 Å². The van der Waals surface area contributed by atoms with Crippen LogP contribution in [0, 0.1) is 0 Å². The lowest BCUT2D eigenvalue weighted by Gasteiger charge is -2.21. The van der Waals surface area contributed by atoms with Crippen LogP contribution >= 0.6 is 11.3 Å². The molecule has 0 radical (unpaired) electrons. The summed E-state index contributed by atoms with van der Waals surface area (Å²) in [6.45, 7) is 2.29. The Morgan fingerprint density at radius 3 is 2.61 bits per heavy atom. The van der Waals surface area contributed by atoms with Gasteiger partial charge in [0.25, 0.3) is 0 Å². The largest absolute Gasteiger partial charge is 0.395 e. The van der Waals surface area contributed by atoms with Crippen molar-refractivity contribution in [2.45, 2.75) is 25.4 Å². The van der Waals surface area contributed by atoms with Crippen LogP contribution < -0.4 is 5.32 Å². The lowest BCUT2D eigenvalue weighted by Crippen LogP contribution is -2.36. The number of aliphatic hydroxyl groups is 1. The summed E-state index contributed by atoms with van der Waals surface area (Å²) < 4.78 is 0. The molecule has 0 amide bonds. The first-order valence-corrected chi connectivity index (χ1v) is 7.17. The molecule has 0 saturated carbocycles. The van der Waals surface area contributed by atoms with Crippen molar-refractivity contribution in [3.8, 4) is 0 Å². The third-order valence-corrected chi connectivity index (χ3v) is 3.78. The Labute approximate surface area is 112 Å². The van der Waals surface area contributed by atoms with E-state index in [-0.39, 0.29) is 18.7 Å². The van der Waals surface area contributed by atoms with Gasteiger partial charge in [-0.25, -0.2) is 0 Å². The van der Waals surface area contributed by atoms with Crippen molar-refractivity contribution in [3.05, 3.63) is 58.3 Å². The Hall–Kier alpha value is -1.16. The second-order valence-corrected chi connectivity index (χ2v) is 5.29. The lowest BCUT2D eigenvalue weighted by molar-refractivity contribution is 0.232. The van der Waals surface area contributed by atoms with E-state index in [0.717, 1.165) is 6.42 Å². The van der Waals surface area contributed by atoms with Crippen LogP contribution in [0.5, 0.6) is 0 Å². The maximum absolute atomic E-state index is 9.47. The minimum Gasteiger partial charge on any atom is -0.395 e. The first kappa shape index (κ1) is 13.3. The van der Waals surface area contributed by atoms with Crippen LogP contribution in [0.25, 0.3) is 0 Å². The molecular formula is C15H19NOS. The molecule has 0 bridgehead atoms. The number of nitrogens with one attached hydrogen (secondary N) is 1. The minimum absolute atomic E-state index is 0.0994. The van der Waals surface area contributed by atoms with Crippen LogP contribution in [0.2, 0.25) is 0 Å². The summed E-state index contributed by atoms with van der Waals surface area (Å²) in [7, 11) is 0. The second-order valence-electron chi connectivity index (χ2n) is 4.51. The van der Waals surface area contributed by atoms with Gasteiger partial charge in [0, 0.05) is 12.1 Å². The monoisotopic (exact) mass is 261 g/mol. The highest BCUT2D eigenvalue weighted by Crippen LogP contribution is 2.16. The van der Waals surface area contributed by atoms with E-state index in [1.165, 1.54) is 11.1 Å². The van der Waals surface area contributed by atoms with E-state index in [9.17, 15) is 5.11 Å². The molecule has 1 aromatic heterocycles. The molecule has 2 nitrogen and oxygen atoms in total. The molecule has 2 aromatic rings. The molecule has 0 aliphatic heterocycles. The maximum atomic E-state index is 9.47. The van der Waals surface area contributed by atoms with E-state index in [4.69, 9.17) is 0 Å². The van der Waals surface area contributed by atoms with Gasteiger partial charge in [0.2, 0.25) is 0 Å². The Balaban J connectivity index is 1.93. The normalized spacial score (nSPS) is 14.3. The third-order valence-electron chi connectivity index (χ3n) is 3.07. The second kappa shape index (κ2) is 6.69. The van der Waals surface area contributed by atoms with Gasteiger partial charge >= 0.3 is 0 Å². The zero-order chi connectivity index (χ0) is 12.8. The van der Waals surface area contributed by atoms with Crippen molar-refractivity contribution in [1.82, 2.24) is 5.32 Å². The van der Waals surface area contributed by atoms with Gasteiger partial charge in [-0.15, -0.1) is 0 Å². The van der Waals surface area contributed by atoms with Gasteiger partial charge in [-0.1, -0.05) is 30.3 Å². The van der Waals surface area contributed by atoms with Crippen LogP contribution in [-0.2, 0) is 6.42 Å². The smallest absolute Gasteiger partial charge is 0.0588 e. The number of thiophene rings is 1. The van der Waals surface area contributed by atoms with Gasteiger partial charge in [0.05, 0.1) is 6.61 Å². The number of rotatable bonds is 6. The molecule has 3 heteroatoms. The zero-order valence-electron chi connectivity index (χ0n) is 10.5. The van der Waals surface area contributed by atoms with Gasteiger partial charge in [-0.3, -0.25) is 0 Å². The van der Waals surface area contributed by atoms with Gasteiger partial charge in [-0.2, -0.15) is 11.3 Å². The fraction of sp³-hybridized carbons (Fsp3) is 0.333. The predicted octanol–water partition coefficient (Wildman–Crippen LogP) is 3.00. The van der Waals surface area contributed by atoms with Crippen molar-refractivity contribution in [1.29, 1.82) is 0 Å². The molecule has 1 aromatic carbocycles. The van der Waals surface area contributed by atoms with Crippen LogP contribution in [0.4, 0.5) is 0 Å². The average Bonchev–Trinajstić information content (AvgIpc) is 2.93. The maximum Gasteiger partial charge on any atom is 0.0588 e. The summed E-state index contributed by atoms with van der Waals surface area (Å²) in [4.78, 5) is 0. The first-order valence-electron chi connectivity index (χ1n) is 6.22. The third kappa shape index (κ3) is 3.67. The standard InChI is InChI=1S/C15H19NOS/c1-12(14-7-8-18-11-14)16-15(10-17)9-13-5-3-2-4-6-13/h2-8,11-12,15-17H,9-10H2,1H3. The fourth-order valence-corrected chi connectivity index (χ4v) is 2.80. The van der Waals surface area contributed by atoms with E-state index in [2.05, 4.69) is 41.2 Å². The van der Waals surface area contributed by atoms with Crippen molar-refractivity contribution < 1.29 is 5.11 Å². The van der Waals surface area contributed by atoms with Crippen LogP contribution in [-0.4, -0.2) is 17.8 Å². The van der Waals surface area contributed by atoms with E-state index >= 15 is 0 Å². The Bertz CT molecular complexity index is 441. The molecule has 1 heterocycles. The van der Waals surface area contributed by atoms with Gasteiger partial charge in [-0.05, 0) is 41.3 Å². The molecule has 18 heavy (non-hydrogen) atoms. The summed E-state index contributed by atoms with van der Waals surface area (Å²) >= 11 is 1.70. The summed E-state index contributed by atoms with van der Waals surface area (Å²) in [5.41, 5.74) is 2.54. The fourth-order valence-electron chi connectivity index (χ4n) is 2.05. The molecule has 0 aliphatic carbocycles. The van der Waals surface area contributed by atoms with Gasteiger partial charge < -0.3 is 10.4 Å². The SMILES string of the molecule is CC(NC(CO)Cc1ccccc1)c1ccsc1. The molecule has 0 aliphatic rings. The highest BCUT2D eigenvalue weighted by molar-refractivity contribution is 7.07. The predicted molar refractivity (Wildman–Crippen MR) is 76.9 cm³/mol. The number of hydrogen-bond acceptors (Lipinski definition) is 3. The van der Waals surface area contributed by atoms with E-state index in [1.807, 2.05) is 18.2 Å². The van der Waals surface area contributed by atoms with Crippen molar-refractivity contribution in [2.24, 2.45) is 0 Å². The van der Waals surface area contributed by atoms with Crippen LogP contribution in [0.3, 0.4) is 0 Å². The number of aliphatic hydroxyl groups excluding tert-OH is 1. The summed E-state index contributed by atoms with van der Waals surface area (Å²) in [6, 6.07) is 12.8. The Morgan fingerprint density at radius 1 is 1.22 bits per heavy atom. The van der Waals surface area contributed by atoms with Crippen LogP contribution in [0.1, 0.15) is 24.1 Å². The number of hydrogen-bond donors (Lipinski definition) is 2. The topological polar surface area (TPSA) is 32.3 Å². The van der Waals surface area contributed by atoms with Crippen molar-refractivity contribution >= 4 is 11.3 Å². The molecule has 0 spiro atoms. The quantitative estimate of drug-likeness (QED) is 0.838. The minimum atomic E-state index is 0.0994. The summed E-state index contributed by atoms with van der Waals surface area (Å²) in [5, 5.41) is 17.2. The highest BCUT2D eigenvalue weighted by Gasteiger charge is 2.13. The summed E-state index contributed by atoms with van der Waals surface area (Å²) in [5.74, 6) is 0. The molecule has 2 N–H and O–H groups in total. The van der Waals surface area contributed by atoms with Crippen LogP contribution in [0.15, 0.2) is 47.2 Å². The Kier molecular flexibility index (Phi) is 4.93. The molecule has 2 unspecified atom stereocenters. The molecule has 0 saturated heterocycles. The zero-order valence-corrected chi connectivity index (χ0v) is 11.4. The van der Waals surface area contributed by atoms with Gasteiger partial charge in [0.1, 0.15) is 0 Å². The molecule has 2 atom stereocenters. The van der Waals surface area contributed by atoms with E-state index in [1.54, 1.807) is 11.3 Å². The highest BCUT2D eigenvalue weighted by atomic mass is 32.1. The first-order chi connectivity index (χ1) is 8.79. The Morgan fingerprint density at radius 2 is 2.00 bits per heavy atom. The average molecular weight is 261 g/mol. The van der Waals surface area contributed by atoms with E-state index in [0.29, 0.717) is 0 Å². The molecular weight excluding hydrogens is 242 g/mol. The van der Waals surface area contributed by atoms with Crippen molar-refractivity contribution in [3.63, 3.8) is 0 Å². The van der Waals surface area contributed by atoms with Gasteiger partial charge in [0.15, 0.2) is 0 Å². The lowest BCUT2D eigenvalue weighted by atomic mass is 10.0. The summed E-state index contributed by atoms with van der Waals surface area (Å²) in [6.07, 6.45) is 0.853. The molecule has 0 fully saturated rings.